The minimum atomic E-state index is -0.522. The normalized spacial score (nSPS) is 18.3. The molecular formula is C20H25N3O3. The predicted molar refractivity (Wildman–Crippen MR) is 103 cm³/mol. The summed E-state index contributed by atoms with van der Waals surface area (Å²) in [5.41, 5.74) is 0.877. The van der Waals surface area contributed by atoms with Crippen LogP contribution in [0.4, 0.5) is 16.2 Å². The molecule has 1 heterocycles. The molecule has 0 bridgehead atoms. The molecule has 2 amide bonds. The van der Waals surface area contributed by atoms with Crippen LogP contribution in [0.25, 0.3) is 11.0 Å². The molecule has 0 atom stereocenters. The third kappa shape index (κ3) is 3.54. The number of urea groups is 1. The number of amides is 2. The predicted octanol–water partition coefficient (Wildman–Crippen LogP) is 4.21. The van der Waals surface area contributed by atoms with Crippen molar-refractivity contribution < 1.29 is 9.21 Å². The largest absolute Gasteiger partial charge is 0.421 e. The molecule has 0 radical (unpaired) electrons. The Balaban J connectivity index is 1.65. The van der Waals surface area contributed by atoms with Gasteiger partial charge in [0.25, 0.3) is 0 Å². The van der Waals surface area contributed by atoms with Crippen LogP contribution in [0, 0.1) is 0 Å². The van der Waals surface area contributed by atoms with Gasteiger partial charge in [-0.1, -0.05) is 37.8 Å². The van der Waals surface area contributed by atoms with Gasteiger partial charge < -0.3 is 15.1 Å². The van der Waals surface area contributed by atoms with E-state index in [4.69, 9.17) is 4.42 Å². The Labute approximate surface area is 152 Å². The lowest BCUT2D eigenvalue weighted by Crippen LogP contribution is -2.37. The molecule has 6 nitrogen and oxygen atoms in total. The van der Waals surface area contributed by atoms with Gasteiger partial charge in [-0.05, 0) is 37.8 Å². The maximum absolute atomic E-state index is 12.6. The molecule has 2 aliphatic rings. The molecule has 2 saturated carbocycles. The second kappa shape index (κ2) is 7.40. The first-order valence-electron chi connectivity index (χ1n) is 9.60. The topological polar surface area (TPSA) is 83.4 Å². The number of carbonyl (C=O) groups is 1. The number of benzene rings is 1. The van der Waals surface area contributed by atoms with Crippen molar-refractivity contribution in [1.29, 1.82) is 0 Å². The van der Waals surface area contributed by atoms with E-state index in [-0.39, 0.29) is 17.8 Å². The molecule has 2 aromatic rings. The van der Waals surface area contributed by atoms with E-state index in [2.05, 4.69) is 16.0 Å². The van der Waals surface area contributed by atoms with Gasteiger partial charge in [0.05, 0.1) is 5.69 Å². The number of carbonyl (C=O) groups excluding carboxylic acids is 1. The van der Waals surface area contributed by atoms with Crippen LogP contribution < -0.4 is 21.6 Å². The van der Waals surface area contributed by atoms with E-state index < -0.39 is 5.63 Å². The van der Waals surface area contributed by atoms with Crippen molar-refractivity contribution in [3.63, 3.8) is 0 Å². The Morgan fingerprint density at radius 3 is 2.31 bits per heavy atom. The first-order chi connectivity index (χ1) is 12.7. The molecule has 0 saturated heterocycles. The fourth-order valence-corrected chi connectivity index (χ4v) is 4.09. The van der Waals surface area contributed by atoms with Crippen LogP contribution in [0.15, 0.2) is 33.5 Å². The number of anilines is 2. The third-order valence-corrected chi connectivity index (χ3v) is 5.45. The molecule has 3 N–H and O–H groups in total. The highest BCUT2D eigenvalue weighted by Gasteiger charge is 2.23. The average molecular weight is 355 g/mol. The quantitative estimate of drug-likeness (QED) is 0.717. The molecule has 2 aliphatic carbocycles. The van der Waals surface area contributed by atoms with Crippen LogP contribution >= 0.6 is 0 Å². The maximum Gasteiger partial charge on any atom is 0.362 e. The molecule has 1 aromatic heterocycles. The SMILES string of the molecule is O=C(Nc1c(NC2CCCC2)c2ccccc2oc1=O)NC1CCCC1. The Morgan fingerprint density at radius 2 is 1.58 bits per heavy atom. The zero-order valence-corrected chi connectivity index (χ0v) is 14.8. The van der Waals surface area contributed by atoms with E-state index in [1.165, 1.54) is 12.8 Å². The number of rotatable bonds is 4. The van der Waals surface area contributed by atoms with Gasteiger partial charge in [-0.25, -0.2) is 9.59 Å². The van der Waals surface area contributed by atoms with E-state index in [0.29, 0.717) is 17.3 Å². The highest BCUT2D eigenvalue weighted by atomic mass is 16.4. The van der Waals surface area contributed by atoms with Gasteiger partial charge >= 0.3 is 11.7 Å². The molecule has 6 heteroatoms. The zero-order chi connectivity index (χ0) is 17.9. The van der Waals surface area contributed by atoms with Crippen molar-refractivity contribution in [2.45, 2.75) is 63.5 Å². The van der Waals surface area contributed by atoms with Crippen LogP contribution in [0.2, 0.25) is 0 Å². The minimum Gasteiger partial charge on any atom is -0.421 e. The van der Waals surface area contributed by atoms with Crippen LogP contribution in [0.3, 0.4) is 0 Å². The fraction of sp³-hybridized carbons (Fsp3) is 0.500. The molecule has 2 fully saturated rings. The fourth-order valence-electron chi connectivity index (χ4n) is 4.09. The number of hydrogen-bond donors (Lipinski definition) is 3. The maximum atomic E-state index is 12.6. The van der Waals surface area contributed by atoms with Gasteiger partial charge in [-0.3, -0.25) is 5.32 Å². The van der Waals surface area contributed by atoms with Crippen LogP contribution in [-0.2, 0) is 0 Å². The van der Waals surface area contributed by atoms with Gasteiger partial charge in [0, 0.05) is 17.5 Å². The molecule has 0 unspecified atom stereocenters. The van der Waals surface area contributed by atoms with E-state index in [1.807, 2.05) is 18.2 Å². The summed E-state index contributed by atoms with van der Waals surface area (Å²) in [5, 5.41) is 10.0. The summed E-state index contributed by atoms with van der Waals surface area (Å²) in [4.78, 5) is 25.0. The lowest BCUT2D eigenvalue weighted by Gasteiger charge is -2.19. The lowest BCUT2D eigenvalue weighted by molar-refractivity contribution is 0.248. The molecule has 4 rings (SSSR count). The van der Waals surface area contributed by atoms with Crippen LogP contribution in [0.1, 0.15) is 51.4 Å². The number of para-hydroxylation sites is 1. The smallest absolute Gasteiger partial charge is 0.362 e. The number of hydrogen-bond acceptors (Lipinski definition) is 4. The van der Waals surface area contributed by atoms with Crippen molar-refractivity contribution in [3.8, 4) is 0 Å². The van der Waals surface area contributed by atoms with Crippen LogP contribution in [0.5, 0.6) is 0 Å². The van der Waals surface area contributed by atoms with Gasteiger partial charge in [-0.2, -0.15) is 0 Å². The number of nitrogens with one attached hydrogen (secondary N) is 3. The minimum absolute atomic E-state index is 0.189. The lowest BCUT2D eigenvalue weighted by atomic mass is 10.1. The van der Waals surface area contributed by atoms with Gasteiger partial charge in [0.1, 0.15) is 5.58 Å². The van der Waals surface area contributed by atoms with Crippen LogP contribution in [-0.4, -0.2) is 18.1 Å². The summed E-state index contributed by atoms with van der Waals surface area (Å²) in [6.07, 6.45) is 8.77. The van der Waals surface area contributed by atoms with Gasteiger partial charge in [0.2, 0.25) is 0 Å². The molecule has 0 aliphatic heterocycles. The van der Waals surface area contributed by atoms with E-state index >= 15 is 0 Å². The molecule has 26 heavy (non-hydrogen) atoms. The first kappa shape index (κ1) is 16.9. The molecule has 138 valence electrons. The Bertz CT molecular complexity index is 849. The Hall–Kier alpha value is -2.50. The monoisotopic (exact) mass is 355 g/mol. The Morgan fingerprint density at radius 1 is 0.923 bits per heavy atom. The van der Waals surface area contributed by atoms with Crippen molar-refractivity contribution >= 4 is 28.4 Å². The van der Waals surface area contributed by atoms with E-state index in [0.717, 1.165) is 43.9 Å². The molecular weight excluding hydrogens is 330 g/mol. The van der Waals surface area contributed by atoms with Crippen molar-refractivity contribution in [3.05, 3.63) is 34.7 Å². The van der Waals surface area contributed by atoms with Crippen molar-refractivity contribution in [2.75, 3.05) is 10.6 Å². The Kier molecular flexibility index (Phi) is 4.82. The second-order valence-electron chi connectivity index (χ2n) is 7.34. The second-order valence-corrected chi connectivity index (χ2v) is 7.34. The zero-order valence-electron chi connectivity index (χ0n) is 14.8. The molecule has 1 aromatic carbocycles. The first-order valence-corrected chi connectivity index (χ1v) is 9.60. The summed E-state index contributed by atoms with van der Waals surface area (Å²) in [6, 6.07) is 7.60. The summed E-state index contributed by atoms with van der Waals surface area (Å²) >= 11 is 0. The average Bonchev–Trinajstić information content (AvgIpc) is 3.32. The highest BCUT2D eigenvalue weighted by molar-refractivity contribution is 6.01. The summed E-state index contributed by atoms with van der Waals surface area (Å²) in [6.45, 7) is 0. The summed E-state index contributed by atoms with van der Waals surface area (Å²) < 4.78 is 5.43. The molecule has 0 spiro atoms. The third-order valence-electron chi connectivity index (χ3n) is 5.45. The van der Waals surface area contributed by atoms with Crippen molar-refractivity contribution in [2.24, 2.45) is 0 Å². The van der Waals surface area contributed by atoms with E-state index in [1.54, 1.807) is 6.07 Å². The number of fused-ring (bicyclic) bond motifs is 1. The van der Waals surface area contributed by atoms with E-state index in [9.17, 15) is 9.59 Å². The highest BCUT2D eigenvalue weighted by Crippen LogP contribution is 2.32. The van der Waals surface area contributed by atoms with Gasteiger partial charge in [0.15, 0.2) is 5.69 Å². The summed E-state index contributed by atoms with van der Waals surface area (Å²) in [7, 11) is 0. The van der Waals surface area contributed by atoms with Gasteiger partial charge in [-0.15, -0.1) is 0 Å². The van der Waals surface area contributed by atoms with Crippen molar-refractivity contribution in [1.82, 2.24) is 5.32 Å². The summed E-state index contributed by atoms with van der Waals surface area (Å²) in [5.74, 6) is 0. The standard InChI is InChI=1S/C20H25N3O3/c24-19-18(23-20(25)22-14-9-3-4-10-14)17(21-13-7-1-2-8-13)15-11-5-6-12-16(15)26-19/h5-6,11-14,21H,1-4,7-10H2,(H2,22,23,25).